The second-order valence-corrected chi connectivity index (χ2v) is 12.2. The average Bonchev–Trinajstić information content (AvgIpc) is 3.64. The number of hydrogen-bond donors (Lipinski definition) is 0. The second-order valence-electron chi connectivity index (χ2n) is 12.2. The van der Waals surface area contributed by atoms with Crippen LogP contribution in [-0.4, -0.2) is 0 Å². The Hall–Kier alpha value is -5.86. The molecule has 0 saturated carbocycles. The van der Waals surface area contributed by atoms with E-state index >= 15 is 0 Å². The zero-order chi connectivity index (χ0) is 30.7. The molecular weight excluding hydrogens is 558 g/mol. The molecule has 1 aromatic heterocycles. The van der Waals surface area contributed by atoms with Crippen LogP contribution >= 0.6 is 0 Å². The van der Waals surface area contributed by atoms with Crippen LogP contribution in [0.5, 0.6) is 0 Å². The van der Waals surface area contributed by atoms with Gasteiger partial charge in [0.15, 0.2) is 5.58 Å². The monoisotopic (exact) mass is 589 g/mol. The largest absolute Gasteiger partial charge is 0.454 e. The summed E-state index contributed by atoms with van der Waals surface area (Å²) in [7, 11) is 0. The first-order valence-corrected chi connectivity index (χ1v) is 15.9. The van der Waals surface area contributed by atoms with Gasteiger partial charge in [0, 0.05) is 27.4 Å². The molecule has 1 heterocycles. The molecule has 46 heavy (non-hydrogen) atoms. The highest BCUT2D eigenvalue weighted by atomic mass is 16.3. The minimum atomic E-state index is -0.294. The molecule has 0 N–H and O–H groups in total. The molecule has 1 atom stereocenters. The minimum absolute atomic E-state index is 0.294. The van der Waals surface area contributed by atoms with E-state index in [4.69, 9.17) is 4.42 Å². The molecular formula is C44H31NO. The van der Waals surface area contributed by atoms with Gasteiger partial charge in [0.2, 0.25) is 0 Å². The van der Waals surface area contributed by atoms with Gasteiger partial charge in [0.1, 0.15) is 5.58 Å². The molecule has 1 aliphatic rings. The molecule has 2 nitrogen and oxygen atoms in total. The topological polar surface area (TPSA) is 16.4 Å². The fraction of sp³-hybridized carbons (Fsp3) is 0.0455. The van der Waals surface area contributed by atoms with E-state index in [1.54, 1.807) is 0 Å². The van der Waals surface area contributed by atoms with Crippen molar-refractivity contribution in [1.29, 1.82) is 0 Å². The van der Waals surface area contributed by atoms with E-state index in [9.17, 15) is 0 Å². The van der Waals surface area contributed by atoms with Crippen LogP contribution in [0, 0.1) is 0 Å². The lowest BCUT2D eigenvalue weighted by Gasteiger charge is -2.30. The summed E-state index contributed by atoms with van der Waals surface area (Å²) >= 11 is 0. The number of para-hydroxylation sites is 2. The summed E-state index contributed by atoms with van der Waals surface area (Å²) in [4.78, 5) is 2.39. The number of anilines is 3. The van der Waals surface area contributed by atoms with Crippen molar-refractivity contribution in [1.82, 2.24) is 0 Å². The molecule has 218 valence electrons. The molecule has 1 unspecified atom stereocenters. The maximum atomic E-state index is 6.66. The molecule has 0 radical (unpaired) electrons. The highest BCUT2D eigenvalue weighted by molar-refractivity contribution is 6.11. The maximum absolute atomic E-state index is 6.66. The fourth-order valence-electron chi connectivity index (χ4n) is 7.54. The highest BCUT2D eigenvalue weighted by Gasteiger charge is 2.42. The van der Waals surface area contributed by atoms with E-state index < -0.39 is 0 Å². The lowest BCUT2D eigenvalue weighted by Crippen LogP contribution is -2.22. The summed E-state index contributed by atoms with van der Waals surface area (Å²) in [5.41, 5.74) is 13.5. The Kier molecular flexibility index (Phi) is 5.97. The van der Waals surface area contributed by atoms with Crippen LogP contribution in [0.4, 0.5) is 17.1 Å². The molecule has 2 heteroatoms. The van der Waals surface area contributed by atoms with E-state index in [1.807, 2.05) is 6.07 Å². The average molecular weight is 590 g/mol. The third kappa shape index (κ3) is 3.90. The Morgan fingerprint density at radius 1 is 0.478 bits per heavy atom. The summed E-state index contributed by atoms with van der Waals surface area (Å²) in [5.74, 6) is 0. The first-order chi connectivity index (χ1) is 22.7. The minimum Gasteiger partial charge on any atom is -0.454 e. The number of benzene rings is 7. The van der Waals surface area contributed by atoms with Gasteiger partial charge >= 0.3 is 0 Å². The van der Waals surface area contributed by atoms with Crippen LogP contribution < -0.4 is 4.90 Å². The van der Waals surface area contributed by atoms with Gasteiger partial charge in [-0.3, -0.25) is 0 Å². The van der Waals surface area contributed by atoms with Crippen LogP contribution in [0.15, 0.2) is 174 Å². The number of rotatable bonds is 5. The standard InChI is InChI=1S/C44H31NO/c1-44(32-16-6-3-7-17-32)37-21-10-8-19-36(37)42-38(44)22-13-23-39(42)45(33-28-26-31(27-29-33)30-14-4-2-5-15-30)40-24-12-20-35-34-18-9-11-25-41(34)46-43(35)40/h2-29H,1H3. The highest BCUT2D eigenvalue weighted by Crippen LogP contribution is 2.57. The van der Waals surface area contributed by atoms with Crippen molar-refractivity contribution in [2.45, 2.75) is 12.3 Å². The Balaban J connectivity index is 1.33. The van der Waals surface area contributed by atoms with Gasteiger partial charge in [-0.2, -0.15) is 0 Å². The summed E-state index contributed by atoms with van der Waals surface area (Å²) in [6, 6.07) is 60.9. The fourth-order valence-corrected chi connectivity index (χ4v) is 7.54. The molecule has 0 saturated heterocycles. The second kappa shape index (κ2) is 10.4. The predicted octanol–water partition coefficient (Wildman–Crippen LogP) is 12.1. The normalized spacial score (nSPS) is 15.2. The molecule has 0 fully saturated rings. The Bertz CT molecular complexity index is 2370. The summed E-state index contributed by atoms with van der Waals surface area (Å²) in [5, 5.41) is 2.24. The van der Waals surface area contributed by atoms with Gasteiger partial charge in [0.25, 0.3) is 0 Å². The van der Waals surface area contributed by atoms with Crippen LogP contribution in [-0.2, 0) is 5.41 Å². The van der Waals surface area contributed by atoms with E-state index in [-0.39, 0.29) is 5.41 Å². The third-order valence-corrected chi connectivity index (χ3v) is 9.77. The van der Waals surface area contributed by atoms with Crippen molar-refractivity contribution >= 4 is 39.0 Å². The lowest BCUT2D eigenvalue weighted by molar-refractivity contribution is 0.669. The smallest absolute Gasteiger partial charge is 0.159 e. The molecule has 0 aliphatic heterocycles. The Morgan fingerprint density at radius 3 is 1.91 bits per heavy atom. The number of fused-ring (bicyclic) bond motifs is 6. The molecule has 7 aromatic carbocycles. The van der Waals surface area contributed by atoms with Gasteiger partial charge in [0.05, 0.1) is 11.4 Å². The molecule has 9 rings (SSSR count). The molecule has 0 amide bonds. The summed E-state index contributed by atoms with van der Waals surface area (Å²) < 4.78 is 6.66. The quantitative estimate of drug-likeness (QED) is 0.199. The van der Waals surface area contributed by atoms with Crippen molar-refractivity contribution in [3.63, 3.8) is 0 Å². The predicted molar refractivity (Wildman–Crippen MR) is 191 cm³/mol. The van der Waals surface area contributed by atoms with Crippen LogP contribution in [0.1, 0.15) is 23.6 Å². The van der Waals surface area contributed by atoms with Gasteiger partial charge in [-0.25, -0.2) is 0 Å². The summed E-state index contributed by atoms with van der Waals surface area (Å²) in [6.07, 6.45) is 0. The molecule has 8 aromatic rings. The Labute approximate surface area is 268 Å². The first kappa shape index (κ1) is 26.5. The van der Waals surface area contributed by atoms with Crippen molar-refractivity contribution < 1.29 is 4.42 Å². The first-order valence-electron chi connectivity index (χ1n) is 15.9. The molecule has 1 aliphatic carbocycles. The van der Waals surface area contributed by atoms with E-state index in [0.717, 1.165) is 39.0 Å². The van der Waals surface area contributed by atoms with Crippen molar-refractivity contribution in [3.05, 3.63) is 187 Å². The SMILES string of the molecule is CC1(c2ccccc2)c2ccccc2-c2c(N(c3ccc(-c4ccccc4)cc3)c3cccc4c3oc3ccccc34)cccc21. The van der Waals surface area contributed by atoms with Gasteiger partial charge in [-0.15, -0.1) is 0 Å². The lowest BCUT2D eigenvalue weighted by atomic mass is 9.74. The van der Waals surface area contributed by atoms with Crippen LogP contribution in [0.25, 0.3) is 44.2 Å². The van der Waals surface area contributed by atoms with E-state index in [1.165, 1.54) is 38.9 Å². The number of hydrogen-bond acceptors (Lipinski definition) is 2. The van der Waals surface area contributed by atoms with Crippen LogP contribution in [0.3, 0.4) is 0 Å². The van der Waals surface area contributed by atoms with E-state index in [2.05, 4.69) is 176 Å². The van der Waals surface area contributed by atoms with Crippen molar-refractivity contribution in [3.8, 4) is 22.3 Å². The van der Waals surface area contributed by atoms with Gasteiger partial charge < -0.3 is 9.32 Å². The Morgan fingerprint density at radius 2 is 1.09 bits per heavy atom. The zero-order valence-electron chi connectivity index (χ0n) is 25.5. The maximum Gasteiger partial charge on any atom is 0.159 e. The molecule has 0 bridgehead atoms. The van der Waals surface area contributed by atoms with Crippen molar-refractivity contribution in [2.75, 3.05) is 4.90 Å². The summed E-state index contributed by atoms with van der Waals surface area (Å²) in [6.45, 7) is 2.37. The molecule has 0 spiro atoms. The van der Waals surface area contributed by atoms with Crippen molar-refractivity contribution in [2.24, 2.45) is 0 Å². The van der Waals surface area contributed by atoms with Gasteiger partial charge in [-0.1, -0.05) is 140 Å². The van der Waals surface area contributed by atoms with Gasteiger partial charge in [-0.05, 0) is 70.6 Å². The third-order valence-electron chi connectivity index (χ3n) is 9.77. The number of nitrogens with zero attached hydrogens (tertiary/aromatic N) is 1. The van der Waals surface area contributed by atoms with E-state index in [0.29, 0.717) is 0 Å². The zero-order valence-corrected chi connectivity index (χ0v) is 25.5. The van der Waals surface area contributed by atoms with Crippen LogP contribution in [0.2, 0.25) is 0 Å². The number of furan rings is 1.